The lowest BCUT2D eigenvalue weighted by molar-refractivity contribution is -0.0176. The summed E-state index contributed by atoms with van der Waals surface area (Å²) in [6.07, 6.45) is -0.252. The predicted octanol–water partition coefficient (Wildman–Crippen LogP) is 3.84. The number of primary amides is 1. The van der Waals surface area contributed by atoms with E-state index in [-0.39, 0.29) is 5.41 Å². The maximum Gasteiger partial charge on any atom is 0.405 e. The lowest BCUT2D eigenvalue weighted by Gasteiger charge is -2.38. The topological polar surface area (TPSA) is 70.8 Å². The van der Waals surface area contributed by atoms with Crippen LogP contribution in [0.15, 0.2) is 36.4 Å². The zero-order valence-corrected chi connectivity index (χ0v) is 14.4. The highest BCUT2D eigenvalue weighted by Gasteiger charge is 2.40. The molecule has 1 unspecified atom stereocenters. The lowest BCUT2D eigenvalue weighted by Crippen LogP contribution is -2.37. The SMILES string of the molecule is CC1(C)COc2cc(-c3ccc4c(c3)CCO4)ccc2C1OC(N)=O. The van der Waals surface area contributed by atoms with Gasteiger partial charge in [0.1, 0.15) is 17.6 Å². The summed E-state index contributed by atoms with van der Waals surface area (Å²) < 4.78 is 16.9. The van der Waals surface area contributed by atoms with Crippen LogP contribution in [0.4, 0.5) is 4.79 Å². The Bertz CT molecular complexity index is 844. The van der Waals surface area contributed by atoms with E-state index in [2.05, 4.69) is 12.1 Å². The van der Waals surface area contributed by atoms with Crippen LogP contribution in [0.2, 0.25) is 0 Å². The Morgan fingerprint density at radius 3 is 2.68 bits per heavy atom. The molecule has 5 heteroatoms. The number of hydrogen-bond donors (Lipinski definition) is 1. The quantitative estimate of drug-likeness (QED) is 0.902. The molecule has 2 aromatic rings. The molecule has 1 amide bonds. The molecule has 0 bridgehead atoms. The van der Waals surface area contributed by atoms with Crippen molar-refractivity contribution in [2.24, 2.45) is 11.1 Å². The van der Waals surface area contributed by atoms with Crippen molar-refractivity contribution in [1.82, 2.24) is 0 Å². The van der Waals surface area contributed by atoms with Crippen molar-refractivity contribution in [3.63, 3.8) is 0 Å². The van der Waals surface area contributed by atoms with Crippen LogP contribution in [0.1, 0.15) is 31.1 Å². The van der Waals surface area contributed by atoms with E-state index in [4.69, 9.17) is 19.9 Å². The molecule has 5 nitrogen and oxygen atoms in total. The molecule has 2 aromatic carbocycles. The number of fused-ring (bicyclic) bond motifs is 2. The number of benzene rings is 2. The monoisotopic (exact) mass is 339 g/mol. The molecule has 2 heterocycles. The number of nitrogens with two attached hydrogens (primary N) is 1. The van der Waals surface area contributed by atoms with E-state index in [0.29, 0.717) is 6.61 Å². The highest BCUT2D eigenvalue weighted by Crippen LogP contribution is 2.46. The molecule has 0 radical (unpaired) electrons. The highest BCUT2D eigenvalue weighted by molar-refractivity contribution is 5.69. The van der Waals surface area contributed by atoms with Crippen molar-refractivity contribution >= 4 is 6.09 Å². The number of carbonyl (C=O) groups excluding carboxylic acids is 1. The lowest BCUT2D eigenvalue weighted by atomic mass is 9.80. The van der Waals surface area contributed by atoms with Crippen LogP contribution in [0.25, 0.3) is 11.1 Å². The summed E-state index contributed by atoms with van der Waals surface area (Å²) in [6, 6.07) is 12.2. The molecular formula is C20H21NO4. The van der Waals surface area contributed by atoms with Gasteiger partial charge in [0.25, 0.3) is 0 Å². The Balaban J connectivity index is 1.72. The van der Waals surface area contributed by atoms with E-state index in [9.17, 15) is 4.79 Å². The van der Waals surface area contributed by atoms with Crippen molar-refractivity contribution < 1.29 is 19.0 Å². The Kier molecular flexibility index (Phi) is 3.60. The average Bonchev–Trinajstić information content (AvgIpc) is 3.04. The van der Waals surface area contributed by atoms with E-state index < -0.39 is 12.2 Å². The standard InChI is InChI=1S/C20H21NO4/c1-20(2)11-24-17-10-13(3-5-15(17)18(20)25-19(21)22)12-4-6-16-14(9-12)7-8-23-16/h3-6,9-10,18H,7-8,11H2,1-2H3,(H2,21,22). The van der Waals surface area contributed by atoms with Crippen LogP contribution in [-0.2, 0) is 11.2 Å². The Morgan fingerprint density at radius 1 is 1.12 bits per heavy atom. The molecule has 0 aliphatic carbocycles. The van der Waals surface area contributed by atoms with Gasteiger partial charge in [-0.15, -0.1) is 0 Å². The van der Waals surface area contributed by atoms with E-state index in [1.807, 2.05) is 38.1 Å². The zero-order valence-electron chi connectivity index (χ0n) is 14.4. The summed E-state index contributed by atoms with van der Waals surface area (Å²) in [5.41, 5.74) is 9.18. The molecule has 0 fully saturated rings. The molecule has 2 aliphatic heterocycles. The molecule has 130 valence electrons. The Hall–Kier alpha value is -2.69. The van der Waals surface area contributed by atoms with Crippen LogP contribution >= 0.6 is 0 Å². The third-order valence-corrected chi connectivity index (χ3v) is 4.86. The van der Waals surface area contributed by atoms with Crippen LogP contribution in [0, 0.1) is 5.41 Å². The van der Waals surface area contributed by atoms with E-state index in [1.165, 1.54) is 5.56 Å². The first-order valence-corrected chi connectivity index (χ1v) is 8.43. The molecule has 0 saturated heterocycles. The Labute approximate surface area is 146 Å². The number of hydrogen-bond acceptors (Lipinski definition) is 4. The first-order chi connectivity index (χ1) is 11.9. The van der Waals surface area contributed by atoms with Crippen LogP contribution < -0.4 is 15.2 Å². The van der Waals surface area contributed by atoms with Gasteiger partial charge in [-0.1, -0.05) is 32.0 Å². The minimum absolute atomic E-state index is 0.339. The molecule has 1 atom stereocenters. The molecule has 2 aliphatic rings. The summed E-state index contributed by atoms with van der Waals surface area (Å²) in [5, 5.41) is 0. The number of ether oxygens (including phenoxy) is 3. The van der Waals surface area contributed by atoms with Crippen molar-refractivity contribution in [2.75, 3.05) is 13.2 Å². The van der Waals surface area contributed by atoms with Crippen molar-refractivity contribution in [1.29, 1.82) is 0 Å². The second-order valence-corrected chi connectivity index (χ2v) is 7.27. The maximum atomic E-state index is 11.3. The summed E-state index contributed by atoms with van der Waals surface area (Å²) in [4.78, 5) is 11.3. The van der Waals surface area contributed by atoms with Crippen LogP contribution in [0.3, 0.4) is 0 Å². The first-order valence-electron chi connectivity index (χ1n) is 8.43. The van der Waals surface area contributed by atoms with Gasteiger partial charge in [0.05, 0.1) is 13.2 Å². The summed E-state index contributed by atoms with van der Waals surface area (Å²) in [5.74, 6) is 1.70. The number of amides is 1. The number of carbonyl (C=O) groups is 1. The van der Waals surface area contributed by atoms with E-state index in [0.717, 1.165) is 41.2 Å². The van der Waals surface area contributed by atoms with Crippen LogP contribution in [0.5, 0.6) is 11.5 Å². The van der Waals surface area contributed by atoms with Gasteiger partial charge in [-0.25, -0.2) is 4.79 Å². The molecule has 25 heavy (non-hydrogen) atoms. The van der Waals surface area contributed by atoms with Gasteiger partial charge in [0, 0.05) is 17.4 Å². The van der Waals surface area contributed by atoms with Crippen molar-refractivity contribution in [3.8, 4) is 22.6 Å². The van der Waals surface area contributed by atoms with Gasteiger partial charge in [0.15, 0.2) is 0 Å². The predicted molar refractivity (Wildman–Crippen MR) is 93.8 cm³/mol. The molecule has 0 spiro atoms. The summed E-state index contributed by atoms with van der Waals surface area (Å²) in [6.45, 7) is 5.20. The molecule has 0 aromatic heterocycles. The molecular weight excluding hydrogens is 318 g/mol. The first kappa shape index (κ1) is 15.8. The second-order valence-electron chi connectivity index (χ2n) is 7.27. The normalized spacial score (nSPS) is 20.0. The second kappa shape index (κ2) is 5.69. The van der Waals surface area contributed by atoms with E-state index >= 15 is 0 Å². The minimum Gasteiger partial charge on any atom is -0.493 e. The van der Waals surface area contributed by atoms with Crippen molar-refractivity contribution in [2.45, 2.75) is 26.4 Å². The zero-order chi connectivity index (χ0) is 17.6. The average molecular weight is 339 g/mol. The molecule has 4 rings (SSSR count). The van der Waals surface area contributed by atoms with Crippen molar-refractivity contribution in [3.05, 3.63) is 47.5 Å². The fourth-order valence-electron chi connectivity index (χ4n) is 3.52. The third kappa shape index (κ3) is 2.80. The highest BCUT2D eigenvalue weighted by atomic mass is 16.6. The van der Waals surface area contributed by atoms with Crippen LogP contribution in [-0.4, -0.2) is 19.3 Å². The molecule has 0 saturated carbocycles. The fourth-order valence-corrected chi connectivity index (χ4v) is 3.52. The van der Waals surface area contributed by atoms with Gasteiger partial charge < -0.3 is 19.9 Å². The van der Waals surface area contributed by atoms with Gasteiger partial charge >= 0.3 is 6.09 Å². The van der Waals surface area contributed by atoms with Gasteiger partial charge in [-0.2, -0.15) is 0 Å². The molecule has 2 N–H and O–H groups in total. The van der Waals surface area contributed by atoms with E-state index in [1.54, 1.807) is 0 Å². The minimum atomic E-state index is -0.770. The number of rotatable bonds is 2. The summed E-state index contributed by atoms with van der Waals surface area (Å²) in [7, 11) is 0. The van der Waals surface area contributed by atoms with Gasteiger partial charge in [-0.05, 0) is 34.9 Å². The summed E-state index contributed by atoms with van der Waals surface area (Å²) >= 11 is 0. The van der Waals surface area contributed by atoms with Gasteiger partial charge in [-0.3, -0.25) is 0 Å². The largest absolute Gasteiger partial charge is 0.493 e. The smallest absolute Gasteiger partial charge is 0.405 e. The van der Waals surface area contributed by atoms with Gasteiger partial charge in [0.2, 0.25) is 0 Å². The third-order valence-electron chi connectivity index (χ3n) is 4.86. The maximum absolute atomic E-state index is 11.3. The Morgan fingerprint density at radius 2 is 1.88 bits per heavy atom. The fraction of sp³-hybridized carbons (Fsp3) is 0.350.